The van der Waals surface area contributed by atoms with Gasteiger partial charge in [-0.1, -0.05) is 70.5 Å². The summed E-state index contributed by atoms with van der Waals surface area (Å²) in [5, 5.41) is 12.1. The SMILES string of the molecule is Cc1cc(Br)ccc1C(NC(=O)OCC1c2ccccc2-c2ccccc21)C(=O)O. The molecule has 1 aliphatic rings. The standard InChI is InChI=1S/C24H20BrNO4/c1-14-12-15(25)10-11-16(14)22(23(27)28)26-24(29)30-13-21-19-8-4-2-6-17(19)18-7-3-5-9-20(18)21/h2-12,21-22H,13H2,1H3,(H,26,29)(H,27,28). The van der Waals surface area contributed by atoms with Crippen molar-refractivity contribution in [1.29, 1.82) is 0 Å². The van der Waals surface area contributed by atoms with Gasteiger partial charge in [-0.25, -0.2) is 9.59 Å². The minimum absolute atomic E-state index is 0.0826. The number of aryl methyl sites for hydroxylation is 1. The van der Waals surface area contributed by atoms with E-state index in [-0.39, 0.29) is 12.5 Å². The van der Waals surface area contributed by atoms with Gasteiger partial charge in [-0.15, -0.1) is 0 Å². The van der Waals surface area contributed by atoms with Crippen LogP contribution in [0.4, 0.5) is 4.79 Å². The summed E-state index contributed by atoms with van der Waals surface area (Å²) < 4.78 is 6.32. The lowest BCUT2D eigenvalue weighted by molar-refractivity contribution is -0.139. The van der Waals surface area contributed by atoms with Crippen LogP contribution in [0.5, 0.6) is 0 Å². The predicted octanol–water partition coefficient (Wildman–Crippen LogP) is 5.42. The molecule has 30 heavy (non-hydrogen) atoms. The molecule has 1 amide bonds. The molecule has 1 atom stereocenters. The number of rotatable bonds is 5. The Morgan fingerprint density at radius 3 is 2.20 bits per heavy atom. The Morgan fingerprint density at radius 1 is 1.03 bits per heavy atom. The number of carboxylic acid groups (broad SMARTS) is 1. The number of amides is 1. The Bertz CT molecular complexity index is 1080. The summed E-state index contributed by atoms with van der Waals surface area (Å²) in [7, 11) is 0. The third-order valence-electron chi connectivity index (χ3n) is 5.40. The molecule has 152 valence electrons. The van der Waals surface area contributed by atoms with Gasteiger partial charge in [0, 0.05) is 10.4 Å². The van der Waals surface area contributed by atoms with Crippen molar-refractivity contribution in [2.75, 3.05) is 6.61 Å². The zero-order valence-corrected chi connectivity index (χ0v) is 17.8. The maximum absolute atomic E-state index is 12.5. The van der Waals surface area contributed by atoms with Gasteiger partial charge in [-0.05, 0) is 52.4 Å². The first-order valence-corrected chi connectivity index (χ1v) is 10.4. The number of carbonyl (C=O) groups is 2. The van der Waals surface area contributed by atoms with Gasteiger partial charge in [0.15, 0.2) is 6.04 Å². The molecular formula is C24H20BrNO4. The smallest absolute Gasteiger partial charge is 0.408 e. The first kappa shape index (κ1) is 20.2. The number of hydrogen-bond donors (Lipinski definition) is 2. The lowest BCUT2D eigenvalue weighted by Gasteiger charge is -2.19. The highest BCUT2D eigenvalue weighted by molar-refractivity contribution is 9.10. The van der Waals surface area contributed by atoms with Crippen LogP contribution >= 0.6 is 15.9 Å². The van der Waals surface area contributed by atoms with E-state index in [1.165, 1.54) is 0 Å². The summed E-state index contributed by atoms with van der Waals surface area (Å²) in [5.74, 6) is -1.23. The van der Waals surface area contributed by atoms with E-state index in [2.05, 4.69) is 33.4 Å². The van der Waals surface area contributed by atoms with Gasteiger partial charge in [0.2, 0.25) is 0 Å². The first-order chi connectivity index (χ1) is 14.5. The molecule has 2 N–H and O–H groups in total. The number of carboxylic acids is 1. The lowest BCUT2D eigenvalue weighted by Crippen LogP contribution is -2.35. The number of benzene rings is 3. The van der Waals surface area contributed by atoms with Crippen LogP contribution in [0.3, 0.4) is 0 Å². The number of fused-ring (bicyclic) bond motifs is 3. The van der Waals surface area contributed by atoms with Crippen molar-refractivity contribution < 1.29 is 19.4 Å². The fourth-order valence-electron chi connectivity index (χ4n) is 3.99. The van der Waals surface area contributed by atoms with E-state index in [9.17, 15) is 14.7 Å². The maximum Gasteiger partial charge on any atom is 0.408 e. The van der Waals surface area contributed by atoms with E-state index in [4.69, 9.17) is 4.74 Å². The molecule has 0 radical (unpaired) electrons. The summed E-state index contributed by atoms with van der Waals surface area (Å²) in [6.07, 6.45) is -0.758. The van der Waals surface area contributed by atoms with Gasteiger partial charge < -0.3 is 15.2 Å². The summed E-state index contributed by atoms with van der Waals surface area (Å²) in [6, 6.07) is 20.2. The average molecular weight is 466 g/mol. The fourth-order valence-corrected chi connectivity index (χ4v) is 4.47. The number of nitrogens with one attached hydrogen (secondary N) is 1. The quantitative estimate of drug-likeness (QED) is 0.527. The van der Waals surface area contributed by atoms with Crippen LogP contribution in [0.2, 0.25) is 0 Å². The summed E-state index contributed by atoms with van der Waals surface area (Å²) in [4.78, 5) is 24.3. The van der Waals surface area contributed by atoms with Gasteiger partial charge in [0.1, 0.15) is 6.61 Å². The van der Waals surface area contributed by atoms with Crippen molar-refractivity contribution in [3.05, 3.63) is 93.5 Å². The molecule has 1 unspecified atom stereocenters. The highest BCUT2D eigenvalue weighted by atomic mass is 79.9. The Labute approximate surface area is 182 Å². The molecule has 0 bridgehead atoms. The molecule has 0 aromatic heterocycles. The van der Waals surface area contributed by atoms with Crippen molar-refractivity contribution >= 4 is 28.0 Å². The second kappa shape index (κ2) is 8.32. The van der Waals surface area contributed by atoms with E-state index in [1.807, 2.05) is 42.5 Å². The minimum Gasteiger partial charge on any atom is -0.479 e. The Morgan fingerprint density at radius 2 is 1.63 bits per heavy atom. The largest absolute Gasteiger partial charge is 0.479 e. The molecule has 0 heterocycles. The molecule has 0 saturated carbocycles. The molecule has 5 nitrogen and oxygen atoms in total. The molecule has 0 aliphatic heterocycles. The van der Waals surface area contributed by atoms with E-state index >= 15 is 0 Å². The van der Waals surface area contributed by atoms with Crippen LogP contribution in [-0.2, 0) is 9.53 Å². The van der Waals surface area contributed by atoms with Gasteiger partial charge in [0.05, 0.1) is 0 Å². The molecule has 0 fully saturated rings. The van der Waals surface area contributed by atoms with Crippen LogP contribution < -0.4 is 5.32 Å². The topological polar surface area (TPSA) is 75.6 Å². The Balaban J connectivity index is 1.50. The van der Waals surface area contributed by atoms with Crippen LogP contribution in [0.15, 0.2) is 71.2 Å². The minimum atomic E-state index is -1.19. The van der Waals surface area contributed by atoms with E-state index in [1.54, 1.807) is 19.1 Å². The highest BCUT2D eigenvalue weighted by Crippen LogP contribution is 2.44. The lowest BCUT2D eigenvalue weighted by atomic mass is 9.98. The number of carbonyl (C=O) groups excluding carboxylic acids is 1. The highest BCUT2D eigenvalue weighted by Gasteiger charge is 2.30. The van der Waals surface area contributed by atoms with Gasteiger partial charge in [0.25, 0.3) is 0 Å². The Kier molecular flexibility index (Phi) is 5.59. The zero-order valence-electron chi connectivity index (χ0n) is 16.3. The van der Waals surface area contributed by atoms with Crippen LogP contribution in [-0.4, -0.2) is 23.8 Å². The van der Waals surface area contributed by atoms with E-state index < -0.39 is 18.1 Å². The molecule has 4 rings (SSSR count). The number of hydrogen-bond acceptors (Lipinski definition) is 3. The normalized spacial score (nSPS) is 13.3. The predicted molar refractivity (Wildman–Crippen MR) is 117 cm³/mol. The molecule has 6 heteroatoms. The second-order valence-electron chi connectivity index (χ2n) is 7.24. The maximum atomic E-state index is 12.5. The number of halogens is 1. The average Bonchev–Trinajstić information content (AvgIpc) is 3.05. The van der Waals surface area contributed by atoms with Gasteiger partial charge in [-0.2, -0.15) is 0 Å². The first-order valence-electron chi connectivity index (χ1n) is 9.56. The van der Waals surface area contributed by atoms with Crippen molar-refractivity contribution in [2.24, 2.45) is 0 Å². The van der Waals surface area contributed by atoms with E-state index in [0.717, 1.165) is 32.3 Å². The third-order valence-corrected chi connectivity index (χ3v) is 5.89. The van der Waals surface area contributed by atoms with Crippen molar-refractivity contribution in [2.45, 2.75) is 18.9 Å². The van der Waals surface area contributed by atoms with Crippen molar-refractivity contribution in [1.82, 2.24) is 5.32 Å². The second-order valence-corrected chi connectivity index (χ2v) is 8.16. The molecule has 3 aromatic rings. The summed E-state index contributed by atoms with van der Waals surface area (Å²) >= 11 is 3.36. The number of ether oxygens (including phenoxy) is 1. The number of alkyl carbamates (subject to hydrolysis) is 1. The summed E-state index contributed by atoms with van der Waals surface area (Å²) in [5.41, 5.74) is 5.75. The molecule has 3 aromatic carbocycles. The van der Waals surface area contributed by atoms with Crippen LogP contribution in [0, 0.1) is 6.92 Å². The van der Waals surface area contributed by atoms with Gasteiger partial charge in [-0.3, -0.25) is 0 Å². The van der Waals surface area contributed by atoms with Crippen LogP contribution in [0.1, 0.15) is 34.2 Å². The van der Waals surface area contributed by atoms with Gasteiger partial charge >= 0.3 is 12.1 Å². The molecular weight excluding hydrogens is 446 g/mol. The number of aliphatic carboxylic acids is 1. The molecule has 0 saturated heterocycles. The fraction of sp³-hybridized carbons (Fsp3) is 0.167. The zero-order chi connectivity index (χ0) is 21.3. The monoisotopic (exact) mass is 465 g/mol. The molecule has 1 aliphatic carbocycles. The Hall–Kier alpha value is -3.12. The third kappa shape index (κ3) is 3.83. The van der Waals surface area contributed by atoms with E-state index in [0.29, 0.717) is 5.56 Å². The molecule has 0 spiro atoms. The summed E-state index contributed by atoms with van der Waals surface area (Å²) in [6.45, 7) is 1.93. The van der Waals surface area contributed by atoms with Crippen molar-refractivity contribution in [3.8, 4) is 11.1 Å². The van der Waals surface area contributed by atoms with Crippen LogP contribution in [0.25, 0.3) is 11.1 Å². The van der Waals surface area contributed by atoms with Crippen molar-refractivity contribution in [3.63, 3.8) is 0 Å².